The van der Waals surface area contributed by atoms with Crippen LogP contribution in [0.4, 0.5) is 0 Å². The molecule has 0 bridgehead atoms. The summed E-state index contributed by atoms with van der Waals surface area (Å²) in [7, 11) is 0. The van der Waals surface area contributed by atoms with Crippen LogP contribution < -0.4 is 0 Å². The molecule has 1 aliphatic carbocycles. The number of carbonyl (C=O) groups excluding carboxylic acids is 1. The molecule has 0 N–H and O–H groups in total. The summed E-state index contributed by atoms with van der Waals surface area (Å²) in [6.45, 7) is 0. The van der Waals surface area contributed by atoms with Crippen LogP contribution in [0, 0.1) is 17.8 Å². The van der Waals surface area contributed by atoms with Crippen molar-refractivity contribution >= 4 is 12.4 Å². The van der Waals surface area contributed by atoms with Gasteiger partial charge in [0.25, 0.3) is 0 Å². The van der Waals surface area contributed by atoms with E-state index in [2.05, 4.69) is 24.0 Å². The summed E-state index contributed by atoms with van der Waals surface area (Å²) in [5.74, 6) is 6.44. The van der Waals surface area contributed by atoms with Crippen LogP contribution in [0.5, 0.6) is 0 Å². The average Bonchev–Trinajstić information content (AvgIpc) is 2.45. The topological polar surface area (TPSA) is 17.1 Å². The second-order valence-electron chi connectivity index (χ2n) is 4.36. The molecule has 0 amide bonds. The first kappa shape index (κ1) is 12.4. The van der Waals surface area contributed by atoms with Crippen molar-refractivity contribution in [1.82, 2.24) is 0 Å². The highest BCUT2D eigenvalue weighted by molar-refractivity contribution is 5.87. The summed E-state index contributed by atoms with van der Waals surface area (Å²) in [5.41, 5.74) is 1.55. The lowest BCUT2D eigenvalue weighted by Crippen LogP contribution is -1.97. The highest BCUT2D eigenvalue weighted by Crippen LogP contribution is 2.16. The predicted octanol–water partition coefficient (Wildman–Crippen LogP) is 3.63. The molecule has 2 rings (SSSR count). The van der Waals surface area contributed by atoms with Crippen LogP contribution in [0.3, 0.4) is 0 Å². The number of carbonyl (C=O) groups is 1. The molecule has 1 aromatic rings. The molecule has 90 valence electrons. The molecule has 1 unspecified atom stereocenters. The quantitative estimate of drug-likeness (QED) is 0.332. The summed E-state index contributed by atoms with van der Waals surface area (Å²) in [6.07, 6.45) is 10.4. The van der Waals surface area contributed by atoms with E-state index >= 15 is 0 Å². The fourth-order valence-corrected chi connectivity index (χ4v) is 1.94. The van der Waals surface area contributed by atoms with E-state index in [-0.39, 0.29) is 0 Å². The van der Waals surface area contributed by atoms with Crippen molar-refractivity contribution in [2.24, 2.45) is 5.92 Å². The minimum Gasteiger partial charge on any atom is -0.297 e. The lowest BCUT2D eigenvalue weighted by Gasteiger charge is -2.08. The van der Waals surface area contributed by atoms with Crippen LogP contribution in [0.25, 0.3) is 6.08 Å². The zero-order chi connectivity index (χ0) is 12.6. The Labute approximate surface area is 108 Å². The maximum Gasteiger partial charge on any atom is 0.158 e. The summed E-state index contributed by atoms with van der Waals surface area (Å²) >= 11 is 0. The number of aldehydes is 1. The Balaban J connectivity index is 2.12. The molecule has 1 heteroatoms. The van der Waals surface area contributed by atoms with Crippen molar-refractivity contribution in [3.63, 3.8) is 0 Å². The predicted molar refractivity (Wildman–Crippen MR) is 74.7 cm³/mol. The first-order chi connectivity index (χ1) is 8.88. The van der Waals surface area contributed by atoms with Crippen LogP contribution in [0.2, 0.25) is 0 Å². The van der Waals surface area contributed by atoms with Gasteiger partial charge in [0.15, 0.2) is 6.29 Å². The lowest BCUT2D eigenvalue weighted by atomic mass is 9.96. The molecule has 1 nitrogen and oxygen atoms in total. The lowest BCUT2D eigenvalue weighted by molar-refractivity contribution is -0.104. The molecule has 0 aliphatic heterocycles. The van der Waals surface area contributed by atoms with Gasteiger partial charge >= 0.3 is 0 Å². The number of rotatable bonds is 2. The van der Waals surface area contributed by atoms with Gasteiger partial charge in [-0.25, -0.2) is 0 Å². The summed E-state index contributed by atoms with van der Waals surface area (Å²) in [6, 6.07) is 9.78. The first-order valence-electron chi connectivity index (χ1n) is 6.28. The third-order valence-electron chi connectivity index (χ3n) is 2.90. The van der Waals surface area contributed by atoms with Crippen molar-refractivity contribution in [3.8, 4) is 11.8 Å². The van der Waals surface area contributed by atoms with Gasteiger partial charge in [0.05, 0.1) is 5.57 Å². The van der Waals surface area contributed by atoms with Gasteiger partial charge in [-0.3, -0.25) is 4.79 Å². The van der Waals surface area contributed by atoms with Gasteiger partial charge in [-0.2, -0.15) is 0 Å². The highest BCUT2D eigenvalue weighted by atomic mass is 16.1. The minimum atomic E-state index is 0.304. The molecule has 1 atom stereocenters. The highest BCUT2D eigenvalue weighted by Gasteiger charge is 2.03. The molecular formula is C17H16O. The fraction of sp³-hybridized carbons (Fsp3) is 0.235. The Bertz CT molecular complexity index is 512. The molecule has 0 aromatic heterocycles. The zero-order valence-electron chi connectivity index (χ0n) is 10.3. The van der Waals surface area contributed by atoms with E-state index in [4.69, 9.17) is 0 Å². The van der Waals surface area contributed by atoms with Crippen molar-refractivity contribution in [3.05, 3.63) is 53.6 Å². The normalized spacial score (nSPS) is 18.9. The molecule has 0 fully saturated rings. The minimum absolute atomic E-state index is 0.304. The maximum absolute atomic E-state index is 11.0. The monoisotopic (exact) mass is 236 g/mol. The van der Waals surface area contributed by atoms with Gasteiger partial charge < -0.3 is 0 Å². The van der Waals surface area contributed by atoms with E-state index in [1.807, 2.05) is 36.4 Å². The van der Waals surface area contributed by atoms with Crippen LogP contribution in [0.15, 0.2) is 48.1 Å². The van der Waals surface area contributed by atoms with Crippen molar-refractivity contribution in [2.45, 2.75) is 19.3 Å². The number of allylic oxidation sites excluding steroid dienone is 3. The van der Waals surface area contributed by atoms with Crippen LogP contribution in [0.1, 0.15) is 24.8 Å². The SMILES string of the molecule is O=C/C(C#CC1C=CCCC1)=C/c1ccccc1. The van der Waals surface area contributed by atoms with Crippen LogP contribution >= 0.6 is 0 Å². The largest absolute Gasteiger partial charge is 0.297 e. The Morgan fingerprint density at radius 2 is 2.11 bits per heavy atom. The molecule has 0 spiro atoms. The van der Waals surface area contributed by atoms with Crippen LogP contribution in [-0.4, -0.2) is 6.29 Å². The van der Waals surface area contributed by atoms with Gasteiger partial charge in [0, 0.05) is 5.92 Å². The molecule has 0 radical (unpaired) electrons. The molecule has 1 aromatic carbocycles. The van der Waals surface area contributed by atoms with Crippen LogP contribution in [-0.2, 0) is 4.79 Å². The van der Waals surface area contributed by atoms with E-state index in [1.54, 1.807) is 0 Å². The van der Waals surface area contributed by atoms with E-state index in [0.717, 1.165) is 24.7 Å². The summed E-state index contributed by atoms with van der Waals surface area (Å²) in [4.78, 5) is 11.0. The Hall–Kier alpha value is -2.07. The molecule has 18 heavy (non-hydrogen) atoms. The standard InChI is InChI=1S/C17H16O/c18-14-17(13-16-9-5-2-6-10-16)12-11-15-7-3-1-4-8-15/h2-3,5-7,9-10,13-15H,1,4,8H2/b17-13+. The van der Waals surface area contributed by atoms with E-state index < -0.39 is 0 Å². The van der Waals surface area contributed by atoms with Gasteiger partial charge in [-0.05, 0) is 30.9 Å². The Kier molecular flexibility index (Phi) is 4.55. The second-order valence-corrected chi connectivity index (χ2v) is 4.36. The number of hydrogen-bond donors (Lipinski definition) is 0. The number of benzene rings is 1. The Morgan fingerprint density at radius 1 is 1.28 bits per heavy atom. The third-order valence-corrected chi connectivity index (χ3v) is 2.90. The van der Waals surface area contributed by atoms with Crippen molar-refractivity contribution < 1.29 is 4.79 Å². The summed E-state index contributed by atoms with van der Waals surface area (Å²) in [5, 5.41) is 0. The van der Waals surface area contributed by atoms with Gasteiger partial charge in [-0.15, -0.1) is 0 Å². The number of hydrogen-bond acceptors (Lipinski definition) is 1. The zero-order valence-corrected chi connectivity index (χ0v) is 10.3. The van der Waals surface area contributed by atoms with Gasteiger partial charge in [-0.1, -0.05) is 54.3 Å². The fourth-order valence-electron chi connectivity index (χ4n) is 1.94. The average molecular weight is 236 g/mol. The van der Waals surface area contributed by atoms with E-state index in [0.29, 0.717) is 11.5 Å². The first-order valence-corrected chi connectivity index (χ1v) is 6.28. The van der Waals surface area contributed by atoms with E-state index in [1.165, 1.54) is 6.42 Å². The molecular weight excluding hydrogens is 220 g/mol. The second kappa shape index (κ2) is 6.61. The Morgan fingerprint density at radius 3 is 2.78 bits per heavy atom. The smallest absolute Gasteiger partial charge is 0.158 e. The molecule has 1 aliphatic rings. The van der Waals surface area contributed by atoms with E-state index in [9.17, 15) is 4.79 Å². The summed E-state index contributed by atoms with van der Waals surface area (Å²) < 4.78 is 0. The molecule has 0 saturated carbocycles. The third kappa shape index (κ3) is 3.75. The van der Waals surface area contributed by atoms with Crippen molar-refractivity contribution in [1.29, 1.82) is 0 Å². The maximum atomic E-state index is 11.0. The van der Waals surface area contributed by atoms with Crippen molar-refractivity contribution in [2.75, 3.05) is 0 Å². The van der Waals surface area contributed by atoms with Gasteiger partial charge in [0.2, 0.25) is 0 Å². The molecule has 0 heterocycles. The van der Waals surface area contributed by atoms with Gasteiger partial charge in [0.1, 0.15) is 0 Å². The molecule has 0 saturated heterocycles.